The van der Waals surface area contributed by atoms with E-state index in [0.717, 1.165) is 12.8 Å². The van der Waals surface area contributed by atoms with Crippen LogP contribution in [0, 0.1) is 0 Å². The maximum Gasteiger partial charge on any atom is 1.00 e. The molecule has 0 aliphatic carbocycles. The molecule has 0 radical (unpaired) electrons. The minimum Gasteiger partial charge on any atom is -0.550 e. The Bertz CT molecular complexity index is 604. The van der Waals surface area contributed by atoms with E-state index in [2.05, 4.69) is 6.92 Å². The molecule has 0 heterocycles. The van der Waals surface area contributed by atoms with Gasteiger partial charge in [-0.1, -0.05) is 206 Å². The summed E-state index contributed by atoms with van der Waals surface area (Å²) >= 11 is 0. The van der Waals surface area contributed by atoms with Gasteiger partial charge in [-0.05, 0) is 19.3 Å². The van der Waals surface area contributed by atoms with Gasteiger partial charge >= 0.3 is 35.5 Å². The minimum atomic E-state index is -1.19. The van der Waals surface area contributed by atoms with Crippen molar-refractivity contribution in [3.8, 4) is 0 Å². The first-order chi connectivity index (χ1) is 21.6. The Labute approximate surface area is 303 Å². The molecule has 262 valence electrons. The molecule has 2 N–H and O–H groups in total. The van der Waals surface area contributed by atoms with E-state index < -0.39 is 18.0 Å². The Morgan fingerprint density at radius 3 is 0.978 bits per heavy atom. The number of carbonyl (C=O) groups is 2. The number of carbonyl (C=O) groups excluding carboxylic acids is 2. The van der Waals surface area contributed by atoms with Crippen molar-refractivity contribution in [3.63, 3.8) is 0 Å². The number of hydrogen-bond donors (Lipinski definition) is 1. The molecule has 0 aromatic rings. The molecule has 0 bridgehead atoms. The first-order valence-electron chi connectivity index (χ1n) is 19.7. The number of rotatable bonds is 37. The van der Waals surface area contributed by atoms with Crippen molar-refractivity contribution < 1.29 is 49.0 Å². The van der Waals surface area contributed by atoms with Gasteiger partial charge in [0.05, 0.1) is 6.61 Å². The number of carboxylic acids is 1. The second kappa shape index (κ2) is 40.1. The predicted molar refractivity (Wildman–Crippen MR) is 187 cm³/mol. The molecule has 0 saturated carbocycles. The van der Waals surface area contributed by atoms with Crippen LogP contribution in [-0.2, 0) is 14.3 Å². The monoisotopic (exact) mass is 646 g/mol. The van der Waals surface area contributed by atoms with Crippen LogP contribution in [0.15, 0.2) is 0 Å². The predicted octanol–water partition coefficient (Wildman–Crippen LogP) is 7.89. The number of aliphatic carboxylic acids is 1. The third-order valence-corrected chi connectivity index (χ3v) is 9.20. The van der Waals surface area contributed by atoms with Crippen LogP contribution in [0.25, 0.3) is 0 Å². The van der Waals surface area contributed by atoms with E-state index in [1.807, 2.05) is 0 Å². The van der Waals surface area contributed by atoms with Crippen molar-refractivity contribution in [2.75, 3.05) is 6.61 Å². The van der Waals surface area contributed by atoms with Crippen LogP contribution >= 0.6 is 0 Å². The van der Waals surface area contributed by atoms with Crippen LogP contribution < -0.4 is 40.4 Å². The van der Waals surface area contributed by atoms with E-state index in [1.165, 1.54) is 193 Å². The fourth-order valence-corrected chi connectivity index (χ4v) is 6.15. The summed E-state index contributed by atoms with van der Waals surface area (Å²) in [5.41, 5.74) is 5.62. The smallest absolute Gasteiger partial charge is 0.550 e. The molecule has 0 aliphatic heterocycles. The number of carboxylic acid groups (broad SMARTS) is 1. The first-order valence-corrected chi connectivity index (χ1v) is 19.7. The zero-order chi connectivity index (χ0) is 32.2. The van der Waals surface area contributed by atoms with Crippen molar-refractivity contribution in [1.82, 2.24) is 0 Å². The normalized spacial score (nSPS) is 11.8. The van der Waals surface area contributed by atoms with Gasteiger partial charge in [-0.2, -0.15) is 0 Å². The van der Waals surface area contributed by atoms with Gasteiger partial charge in [0.15, 0.2) is 0 Å². The van der Waals surface area contributed by atoms with Crippen molar-refractivity contribution in [2.45, 2.75) is 231 Å². The van der Waals surface area contributed by atoms with E-state index in [9.17, 15) is 14.7 Å². The third kappa shape index (κ3) is 40.0. The van der Waals surface area contributed by atoms with E-state index in [0.29, 0.717) is 6.61 Å². The average Bonchev–Trinajstić information content (AvgIpc) is 3.02. The zero-order valence-electron chi connectivity index (χ0n) is 30.5. The maximum absolute atomic E-state index is 11.7. The van der Waals surface area contributed by atoms with Crippen molar-refractivity contribution in [3.05, 3.63) is 0 Å². The molecule has 0 fully saturated rings. The third-order valence-electron chi connectivity index (χ3n) is 9.20. The van der Waals surface area contributed by atoms with Gasteiger partial charge in [0.2, 0.25) is 0 Å². The number of unbranched alkanes of at least 4 members (excludes halogenated alkanes) is 31. The van der Waals surface area contributed by atoms with Crippen LogP contribution in [0.4, 0.5) is 0 Å². The molecule has 0 aromatic carbocycles. The second-order valence-corrected chi connectivity index (χ2v) is 13.6. The van der Waals surface area contributed by atoms with Gasteiger partial charge in [-0.15, -0.1) is 0 Å². The zero-order valence-corrected chi connectivity index (χ0v) is 32.5. The first kappa shape index (κ1) is 47.0. The van der Waals surface area contributed by atoms with Gasteiger partial charge in [-0.3, -0.25) is 4.79 Å². The summed E-state index contributed by atoms with van der Waals surface area (Å²) in [6.45, 7) is 2.67. The molecule has 0 aliphatic rings. The van der Waals surface area contributed by atoms with Crippen LogP contribution in [0.2, 0.25) is 0 Å². The number of ether oxygens (including phenoxy) is 1. The number of hydrogen-bond acceptors (Lipinski definition) is 5. The van der Waals surface area contributed by atoms with E-state index in [4.69, 9.17) is 10.5 Å². The van der Waals surface area contributed by atoms with E-state index >= 15 is 0 Å². The van der Waals surface area contributed by atoms with Gasteiger partial charge in [0.25, 0.3) is 0 Å². The Kier molecular flexibility index (Phi) is 41.9. The topological polar surface area (TPSA) is 92.5 Å². The molecular formula is C39H76NNaO4. The van der Waals surface area contributed by atoms with Crippen LogP contribution in [-0.4, -0.2) is 24.6 Å². The summed E-state index contributed by atoms with van der Waals surface area (Å²) in [5.74, 6) is -1.70. The Morgan fingerprint density at radius 1 is 0.489 bits per heavy atom. The molecule has 0 saturated heterocycles. The van der Waals surface area contributed by atoms with Gasteiger partial charge in [0.1, 0.15) is 6.04 Å². The van der Waals surface area contributed by atoms with E-state index in [-0.39, 0.29) is 42.4 Å². The average molecular weight is 646 g/mol. The van der Waals surface area contributed by atoms with Gasteiger partial charge < -0.3 is 20.4 Å². The largest absolute Gasteiger partial charge is 1.00 e. The summed E-state index contributed by atoms with van der Waals surface area (Å²) in [6, 6.07) is -0.865. The molecule has 0 rings (SSSR count). The van der Waals surface area contributed by atoms with Gasteiger partial charge in [-0.25, -0.2) is 0 Å². The maximum atomic E-state index is 11.7. The summed E-state index contributed by atoms with van der Waals surface area (Å²) in [5, 5.41) is 10.4. The number of esters is 1. The molecule has 6 heteroatoms. The van der Waals surface area contributed by atoms with Crippen molar-refractivity contribution >= 4 is 11.9 Å². The molecule has 0 unspecified atom stereocenters. The van der Waals surface area contributed by atoms with Crippen LogP contribution in [0.1, 0.15) is 225 Å². The molecule has 5 nitrogen and oxygen atoms in total. The Morgan fingerprint density at radius 2 is 0.733 bits per heavy atom. The van der Waals surface area contributed by atoms with E-state index in [1.54, 1.807) is 0 Å². The summed E-state index contributed by atoms with van der Waals surface area (Å²) < 4.78 is 5.13. The minimum absolute atomic E-state index is 0. The quantitative estimate of drug-likeness (QED) is 0.0421. The fraction of sp³-hybridized carbons (Fsp3) is 0.949. The summed E-state index contributed by atoms with van der Waals surface area (Å²) in [6.07, 6.45) is 44.3. The second-order valence-electron chi connectivity index (χ2n) is 13.6. The summed E-state index contributed by atoms with van der Waals surface area (Å²) in [7, 11) is 0. The molecule has 0 amide bonds. The molecule has 0 spiro atoms. The van der Waals surface area contributed by atoms with Crippen LogP contribution in [0.3, 0.4) is 0 Å². The van der Waals surface area contributed by atoms with Crippen molar-refractivity contribution in [2.24, 2.45) is 5.73 Å². The molecule has 0 aromatic heterocycles. The molecular weight excluding hydrogens is 569 g/mol. The standard InChI is InChI=1S/C39H77NO4.Na/c1-2-3-4-5-6-7-8-9-10-11-12-13-14-15-16-17-18-19-20-21-22-23-24-25-26-27-28-29-30-31-32-33-36-44-39(43)37(40)34-35-38(41)42;/h37H,2-36,40H2,1H3,(H,41,42);/q;+1/p-1/t37-;/m0./s1. The molecule has 1 atom stereocenters. The summed E-state index contributed by atoms with van der Waals surface area (Å²) in [4.78, 5) is 22.1. The fourth-order valence-electron chi connectivity index (χ4n) is 6.15. The Hall–Kier alpha value is -0.100. The van der Waals surface area contributed by atoms with Gasteiger partial charge in [0, 0.05) is 5.97 Å². The van der Waals surface area contributed by atoms with Crippen LogP contribution in [0.5, 0.6) is 0 Å². The number of nitrogens with two attached hydrogens (primary N) is 1. The van der Waals surface area contributed by atoms with Crippen molar-refractivity contribution in [1.29, 1.82) is 0 Å². The SMILES string of the molecule is CCCCCCCCCCCCCCCCCCCCCCCCCCCCCCCCCCOC(=O)[C@@H](N)CCC(=O)[O-].[Na+]. The Balaban J connectivity index is 0. The molecule has 45 heavy (non-hydrogen) atoms.